The van der Waals surface area contributed by atoms with Crippen LogP contribution >= 0.6 is 11.3 Å². The number of aromatic nitrogens is 2. The number of nitrogen functional groups attached to an aromatic ring is 1. The van der Waals surface area contributed by atoms with Crippen LogP contribution in [0.4, 0.5) is 5.13 Å². The van der Waals surface area contributed by atoms with Gasteiger partial charge in [0.15, 0.2) is 0 Å². The van der Waals surface area contributed by atoms with Crippen molar-refractivity contribution in [1.29, 1.82) is 0 Å². The predicted molar refractivity (Wildman–Crippen MR) is 43.9 cm³/mol. The van der Waals surface area contributed by atoms with Gasteiger partial charge in [-0.05, 0) is 11.3 Å². The molecule has 0 aliphatic carbocycles. The monoisotopic (exact) mass is 191 g/mol. The second-order valence-corrected chi connectivity index (χ2v) is 3.20. The summed E-state index contributed by atoms with van der Waals surface area (Å²) in [6.45, 7) is -0.424. The fourth-order valence-electron chi connectivity index (χ4n) is 0.695. The average Bonchev–Trinajstić information content (AvgIpc) is 2.30. The van der Waals surface area contributed by atoms with Gasteiger partial charge in [-0.2, -0.15) is 0 Å². The van der Waals surface area contributed by atoms with Crippen molar-refractivity contribution in [1.82, 2.24) is 9.78 Å². The molecular weight excluding hydrogens is 182 g/mol. The summed E-state index contributed by atoms with van der Waals surface area (Å²) < 4.78 is 1.03. The van der Waals surface area contributed by atoms with Gasteiger partial charge in [-0.25, -0.2) is 4.68 Å². The van der Waals surface area contributed by atoms with E-state index < -0.39 is 12.7 Å². The second-order valence-electron chi connectivity index (χ2n) is 2.22. The molecule has 12 heavy (non-hydrogen) atoms. The van der Waals surface area contributed by atoms with Gasteiger partial charge in [-0.3, -0.25) is 4.79 Å². The second kappa shape index (κ2) is 3.65. The van der Waals surface area contributed by atoms with Gasteiger partial charge in [0.1, 0.15) is 0 Å². The molecule has 7 heteroatoms. The van der Waals surface area contributed by atoms with Gasteiger partial charge in [0, 0.05) is 0 Å². The largest absolute Gasteiger partial charge is 0.394 e. The smallest absolute Gasteiger partial charge is 0.326 e. The zero-order valence-corrected chi connectivity index (χ0v) is 6.99. The van der Waals surface area contributed by atoms with Gasteiger partial charge in [-0.1, -0.05) is 0 Å². The zero-order valence-electron chi connectivity index (χ0n) is 6.17. The van der Waals surface area contributed by atoms with E-state index in [1.54, 1.807) is 0 Å². The molecule has 1 aromatic heterocycles. The van der Waals surface area contributed by atoms with Crippen LogP contribution in [0.15, 0.2) is 4.79 Å². The van der Waals surface area contributed by atoms with Gasteiger partial charge in [-0.15, -0.1) is 5.10 Å². The van der Waals surface area contributed by atoms with E-state index in [2.05, 4.69) is 5.10 Å². The van der Waals surface area contributed by atoms with E-state index in [0.29, 0.717) is 0 Å². The molecule has 68 valence electrons. The maximum absolute atomic E-state index is 10.9. The fraction of sp³-hybridized carbons (Fsp3) is 0.600. The molecule has 6 nitrogen and oxygen atoms in total. The first-order valence-electron chi connectivity index (χ1n) is 3.26. The molecule has 0 bridgehead atoms. The summed E-state index contributed by atoms with van der Waals surface area (Å²) in [6.07, 6.45) is -0.968. The summed E-state index contributed by atoms with van der Waals surface area (Å²) >= 11 is 0.803. The minimum atomic E-state index is -0.968. The van der Waals surface area contributed by atoms with Crippen LogP contribution in [0.1, 0.15) is 0 Å². The number of anilines is 1. The number of aliphatic hydroxyl groups excluding tert-OH is 2. The number of nitrogens with two attached hydrogens (primary N) is 1. The van der Waals surface area contributed by atoms with E-state index in [0.717, 1.165) is 16.0 Å². The number of aliphatic hydroxyl groups is 2. The van der Waals surface area contributed by atoms with Gasteiger partial charge >= 0.3 is 4.87 Å². The number of rotatable bonds is 3. The quantitative estimate of drug-likeness (QED) is 0.525. The normalized spacial score (nSPS) is 13.2. The summed E-state index contributed by atoms with van der Waals surface area (Å²) in [5.41, 5.74) is 5.24. The highest BCUT2D eigenvalue weighted by Crippen LogP contribution is 1.99. The summed E-state index contributed by atoms with van der Waals surface area (Å²) in [6, 6.07) is 0. The Labute approximate surface area is 71.9 Å². The maximum Gasteiger partial charge on any atom is 0.326 e. The Hall–Kier alpha value is -0.920. The Morgan fingerprint density at radius 1 is 1.75 bits per heavy atom. The standard InChI is InChI=1S/C5H9N3O3S/c6-4-7-8(5(11)12-4)1-3(10)2-9/h3,9-10H,1-2H2,(H2,6,7). The molecule has 0 aromatic carbocycles. The van der Waals surface area contributed by atoms with Crippen molar-refractivity contribution >= 4 is 16.5 Å². The van der Waals surface area contributed by atoms with Crippen molar-refractivity contribution < 1.29 is 10.2 Å². The Bertz CT molecular complexity index is 307. The van der Waals surface area contributed by atoms with Crippen molar-refractivity contribution in [2.75, 3.05) is 12.3 Å². The molecule has 1 heterocycles. The third-order valence-electron chi connectivity index (χ3n) is 1.22. The van der Waals surface area contributed by atoms with Crippen LogP contribution in [0.25, 0.3) is 0 Å². The first kappa shape index (κ1) is 9.17. The van der Waals surface area contributed by atoms with Crippen LogP contribution in [0, 0.1) is 0 Å². The van der Waals surface area contributed by atoms with Crippen LogP contribution in [-0.4, -0.2) is 32.7 Å². The molecular formula is C5H9N3O3S. The van der Waals surface area contributed by atoms with E-state index in [1.165, 1.54) is 0 Å². The lowest BCUT2D eigenvalue weighted by Crippen LogP contribution is -2.26. The van der Waals surface area contributed by atoms with Crippen molar-refractivity contribution in [3.05, 3.63) is 9.67 Å². The zero-order chi connectivity index (χ0) is 9.14. The Morgan fingerprint density at radius 2 is 2.42 bits per heavy atom. The predicted octanol–water partition coefficient (Wildman–Crippen LogP) is -1.76. The van der Waals surface area contributed by atoms with Crippen LogP contribution in [0.2, 0.25) is 0 Å². The van der Waals surface area contributed by atoms with Crippen molar-refractivity contribution in [3.8, 4) is 0 Å². The third-order valence-corrected chi connectivity index (χ3v) is 1.89. The summed E-state index contributed by atoms with van der Waals surface area (Å²) in [5.74, 6) is 0. The van der Waals surface area contributed by atoms with E-state index in [4.69, 9.17) is 15.9 Å². The molecule has 0 radical (unpaired) electrons. The lowest BCUT2D eigenvalue weighted by Gasteiger charge is -2.04. The molecule has 1 atom stereocenters. The molecule has 4 N–H and O–H groups in total. The van der Waals surface area contributed by atoms with E-state index in [1.807, 2.05) is 0 Å². The van der Waals surface area contributed by atoms with Gasteiger partial charge in [0.2, 0.25) is 5.13 Å². The van der Waals surface area contributed by atoms with E-state index in [9.17, 15) is 4.79 Å². The molecule has 0 amide bonds. The Kier molecular flexibility index (Phi) is 2.79. The molecule has 0 aliphatic rings. The molecule has 1 unspecified atom stereocenters. The molecule has 0 spiro atoms. The highest BCUT2D eigenvalue weighted by molar-refractivity contribution is 7.12. The SMILES string of the molecule is Nc1nn(CC(O)CO)c(=O)s1. The van der Waals surface area contributed by atoms with Crippen LogP contribution < -0.4 is 10.6 Å². The summed E-state index contributed by atoms with van der Waals surface area (Å²) in [4.78, 5) is 10.6. The summed E-state index contributed by atoms with van der Waals surface area (Å²) in [5, 5.41) is 21.2. The lowest BCUT2D eigenvalue weighted by molar-refractivity contribution is 0.0777. The van der Waals surface area contributed by atoms with Crippen molar-refractivity contribution in [2.45, 2.75) is 12.6 Å². The summed E-state index contributed by atoms with van der Waals surface area (Å²) in [7, 11) is 0. The average molecular weight is 191 g/mol. The Balaban J connectivity index is 2.75. The Morgan fingerprint density at radius 3 is 2.83 bits per heavy atom. The van der Waals surface area contributed by atoms with Crippen LogP contribution in [0.5, 0.6) is 0 Å². The van der Waals surface area contributed by atoms with Crippen molar-refractivity contribution in [2.24, 2.45) is 0 Å². The molecule has 0 saturated heterocycles. The minimum Gasteiger partial charge on any atom is -0.394 e. The molecule has 1 rings (SSSR count). The van der Waals surface area contributed by atoms with Crippen LogP contribution in [-0.2, 0) is 6.54 Å². The van der Waals surface area contributed by atoms with Crippen LogP contribution in [0.3, 0.4) is 0 Å². The first-order chi connectivity index (χ1) is 5.63. The lowest BCUT2D eigenvalue weighted by atomic mass is 10.4. The third kappa shape index (κ3) is 2.03. The molecule has 1 aromatic rings. The van der Waals surface area contributed by atoms with E-state index in [-0.39, 0.29) is 16.5 Å². The molecule has 0 aliphatic heterocycles. The van der Waals surface area contributed by atoms with Gasteiger partial charge < -0.3 is 15.9 Å². The highest BCUT2D eigenvalue weighted by atomic mass is 32.1. The fourth-order valence-corrected chi connectivity index (χ4v) is 1.23. The van der Waals surface area contributed by atoms with Gasteiger partial charge in [0.05, 0.1) is 19.3 Å². The number of hydrogen-bond acceptors (Lipinski definition) is 6. The number of hydrogen-bond donors (Lipinski definition) is 3. The van der Waals surface area contributed by atoms with E-state index >= 15 is 0 Å². The maximum atomic E-state index is 10.9. The minimum absolute atomic E-state index is 0.0248. The molecule has 0 saturated carbocycles. The van der Waals surface area contributed by atoms with Crippen molar-refractivity contribution in [3.63, 3.8) is 0 Å². The molecule has 0 fully saturated rings. The highest BCUT2D eigenvalue weighted by Gasteiger charge is 2.08. The number of nitrogens with zero attached hydrogens (tertiary/aromatic N) is 2. The topological polar surface area (TPSA) is 101 Å². The van der Waals surface area contributed by atoms with Gasteiger partial charge in [0.25, 0.3) is 0 Å². The first-order valence-corrected chi connectivity index (χ1v) is 4.07.